The zero-order valence-electron chi connectivity index (χ0n) is 14.5. The largest absolute Gasteiger partial charge is 0.478 e. The Morgan fingerprint density at radius 2 is 1.79 bits per heavy atom. The molecule has 28 heavy (non-hydrogen) atoms. The highest BCUT2D eigenvalue weighted by Gasteiger charge is 2.33. The van der Waals surface area contributed by atoms with Gasteiger partial charge in [-0.1, -0.05) is 54.3 Å². The maximum absolute atomic E-state index is 11.0. The molecule has 4 rings (SSSR count). The Hall–Kier alpha value is -2.87. The molecule has 1 saturated heterocycles. The molecule has 0 radical (unpaired) electrons. The lowest BCUT2D eigenvalue weighted by Crippen LogP contribution is -2.31. The van der Waals surface area contributed by atoms with E-state index in [1.54, 1.807) is 35.2 Å². The first kappa shape index (κ1) is 18.5. The van der Waals surface area contributed by atoms with E-state index in [4.69, 9.17) is 21.7 Å². The first-order valence-corrected chi connectivity index (χ1v) is 9.65. The highest BCUT2D eigenvalue weighted by molar-refractivity contribution is 8.26. The summed E-state index contributed by atoms with van der Waals surface area (Å²) in [7, 11) is 0. The van der Waals surface area contributed by atoms with Crippen molar-refractivity contribution in [3.8, 4) is 11.3 Å². The lowest BCUT2D eigenvalue weighted by molar-refractivity contribution is 0.0697. The van der Waals surface area contributed by atoms with Crippen LogP contribution in [0.4, 0.5) is 5.69 Å². The first-order chi connectivity index (χ1) is 13.5. The Morgan fingerprint density at radius 3 is 2.46 bits per heavy atom. The normalized spacial score (nSPS) is 18.0. The number of carboxylic acid groups (broad SMARTS) is 1. The van der Waals surface area contributed by atoms with Crippen molar-refractivity contribution in [2.45, 2.75) is 6.23 Å². The van der Waals surface area contributed by atoms with Gasteiger partial charge in [0.1, 0.15) is 15.8 Å². The number of anilines is 1. The monoisotopic (exact) mass is 409 g/mol. The molecule has 2 heterocycles. The van der Waals surface area contributed by atoms with Gasteiger partial charge in [0.2, 0.25) is 0 Å². The summed E-state index contributed by atoms with van der Waals surface area (Å²) in [6.07, 6.45) is 0.892. The van der Waals surface area contributed by atoms with Gasteiger partial charge in [-0.15, -0.1) is 0 Å². The minimum atomic E-state index is -0.970. The molecule has 1 fully saturated rings. The van der Waals surface area contributed by atoms with Crippen LogP contribution in [0.2, 0.25) is 0 Å². The van der Waals surface area contributed by atoms with Gasteiger partial charge in [-0.3, -0.25) is 4.90 Å². The number of nitrogens with zero attached hydrogens (tertiary/aromatic N) is 1. The fourth-order valence-electron chi connectivity index (χ4n) is 2.87. The van der Waals surface area contributed by atoms with Gasteiger partial charge in [0.15, 0.2) is 6.23 Å². The fourth-order valence-corrected chi connectivity index (χ4v) is 4.26. The lowest BCUT2D eigenvalue weighted by atomic mass is 10.1. The number of aromatic carboxylic acids is 1. The van der Waals surface area contributed by atoms with E-state index in [1.807, 2.05) is 30.3 Å². The maximum Gasteiger partial charge on any atom is 0.335 e. The minimum Gasteiger partial charge on any atom is -0.478 e. The quantitative estimate of drug-likeness (QED) is 0.597. The van der Waals surface area contributed by atoms with Crippen LogP contribution in [-0.2, 0) is 0 Å². The third-order valence-corrected chi connectivity index (χ3v) is 5.65. The molecule has 1 aromatic heterocycles. The number of aliphatic hydroxyl groups is 1. The van der Waals surface area contributed by atoms with Crippen molar-refractivity contribution in [1.29, 1.82) is 0 Å². The topological polar surface area (TPSA) is 73.9 Å². The Balaban J connectivity index is 1.57. The molecule has 2 N–H and O–H groups in total. The number of aliphatic hydroxyl groups excluding tert-OH is 1. The third-order valence-electron chi connectivity index (χ3n) is 4.26. The van der Waals surface area contributed by atoms with E-state index in [9.17, 15) is 9.90 Å². The average Bonchev–Trinajstić information content (AvgIpc) is 3.27. The van der Waals surface area contributed by atoms with Crippen molar-refractivity contribution in [2.75, 3.05) is 4.90 Å². The third kappa shape index (κ3) is 3.60. The number of benzene rings is 2. The number of carboxylic acids is 1. The van der Waals surface area contributed by atoms with E-state index < -0.39 is 12.2 Å². The van der Waals surface area contributed by atoms with Crippen molar-refractivity contribution in [1.82, 2.24) is 0 Å². The molecule has 5 nitrogen and oxygen atoms in total. The highest BCUT2D eigenvalue weighted by atomic mass is 32.2. The van der Waals surface area contributed by atoms with E-state index in [1.165, 1.54) is 23.9 Å². The molecule has 1 aliphatic heterocycles. The molecule has 0 saturated carbocycles. The molecule has 1 unspecified atom stereocenters. The molecular formula is C21H15NO4S2. The van der Waals surface area contributed by atoms with E-state index in [0.29, 0.717) is 20.7 Å². The van der Waals surface area contributed by atoms with E-state index >= 15 is 0 Å². The predicted molar refractivity (Wildman–Crippen MR) is 114 cm³/mol. The second kappa shape index (κ2) is 7.63. The van der Waals surface area contributed by atoms with Crippen LogP contribution in [0.25, 0.3) is 17.4 Å². The summed E-state index contributed by atoms with van der Waals surface area (Å²) in [6, 6.07) is 19.6. The molecule has 0 spiro atoms. The van der Waals surface area contributed by atoms with Crippen LogP contribution in [0.1, 0.15) is 16.1 Å². The van der Waals surface area contributed by atoms with Gasteiger partial charge in [0, 0.05) is 16.2 Å². The summed E-state index contributed by atoms with van der Waals surface area (Å²) in [5, 5.41) is 19.7. The van der Waals surface area contributed by atoms with Crippen LogP contribution in [-0.4, -0.2) is 26.7 Å². The van der Waals surface area contributed by atoms with Crippen LogP contribution in [0, 0.1) is 0 Å². The molecule has 7 heteroatoms. The molecule has 0 amide bonds. The fraction of sp³-hybridized carbons (Fsp3) is 0.0476. The van der Waals surface area contributed by atoms with E-state index in [-0.39, 0.29) is 5.56 Å². The molecule has 140 valence electrons. The number of carbonyl (C=O) groups is 1. The predicted octanol–water partition coefficient (Wildman–Crippen LogP) is 4.84. The van der Waals surface area contributed by atoms with Gasteiger partial charge in [-0.25, -0.2) is 4.79 Å². The van der Waals surface area contributed by atoms with Gasteiger partial charge >= 0.3 is 5.97 Å². The van der Waals surface area contributed by atoms with Crippen LogP contribution in [0.5, 0.6) is 0 Å². The standard InChI is InChI=1S/C21H15NO4S2/c23-19-18(28-21(27)22(19)15-4-2-1-3-5-15)12-16-10-11-17(26-16)13-6-8-14(9-7-13)20(24)25/h1-12,19,23H,(H,24,25)/b18-12-. The summed E-state index contributed by atoms with van der Waals surface area (Å²) in [4.78, 5) is 13.3. The minimum absolute atomic E-state index is 0.220. The SMILES string of the molecule is O=C(O)c1ccc(-c2ccc(/C=C3\SC(=S)N(c4ccccc4)C3O)o2)cc1. The number of hydrogen-bond acceptors (Lipinski definition) is 5. The Labute approximate surface area is 170 Å². The van der Waals surface area contributed by atoms with Gasteiger partial charge in [0.25, 0.3) is 0 Å². The van der Waals surface area contributed by atoms with Crippen molar-refractivity contribution in [3.05, 3.63) is 83.0 Å². The van der Waals surface area contributed by atoms with E-state index in [0.717, 1.165) is 11.3 Å². The summed E-state index contributed by atoms with van der Waals surface area (Å²) < 4.78 is 6.42. The van der Waals surface area contributed by atoms with Gasteiger partial charge < -0.3 is 14.6 Å². The summed E-state index contributed by atoms with van der Waals surface area (Å²) in [6.45, 7) is 0. The van der Waals surface area contributed by atoms with Crippen LogP contribution in [0.15, 0.2) is 76.1 Å². The molecular weight excluding hydrogens is 394 g/mol. The second-order valence-electron chi connectivity index (χ2n) is 6.08. The van der Waals surface area contributed by atoms with Crippen LogP contribution >= 0.6 is 24.0 Å². The van der Waals surface area contributed by atoms with Crippen molar-refractivity contribution in [3.63, 3.8) is 0 Å². The summed E-state index contributed by atoms with van der Waals surface area (Å²) >= 11 is 6.74. The van der Waals surface area contributed by atoms with E-state index in [2.05, 4.69) is 0 Å². The average molecular weight is 409 g/mol. The van der Waals surface area contributed by atoms with Crippen molar-refractivity contribution < 1.29 is 19.4 Å². The van der Waals surface area contributed by atoms with Gasteiger partial charge in [-0.05, 0) is 42.5 Å². The second-order valence-corrected chi connectivity index (χ2v) is 7.79. The Morgan fingerprint density at radius 1 is 1.07 bits per heavy atom. The summed E-state index contributed by atoms with van der Waals surface area (Å²) in [5.41, 5.74) is 1.82. The zero-order chi connectivity index (χ0) is 19.7. The molecule has 3 aromatic rings. The van der Waals surface area contributed by atoms with Crippen molar-refractivity contribution >= 4 is 46.0 Å². The molecule has 1 aliphatic rings. The number of furan rings is 1. The molecule has 1 atom stereocenters. The summed E-state index contributed by atoms with van der Waals surface area (Å²) in [5.74, 6) is 0.225. The zero-order valence-corrected chi connectivity index (χ0v) is 16.1. The van der Waals surface area contributed by atoms with Crippen LogP contribution < -0.4 is 4.90 Å². The van der Waals surface area contributed by atoms with Crippen LogP contribution in [0.3, 0.4) is 0 Å². The number of rotatable bonds is 4. The molecule has 2 aromatic carbocycles. The number of thiocarbonyl (C=S) groups is 1. The van der Waals surface area contributed by atoms with Gasteiger partial charge in [-0.2, -0.15) is 0 Å². The smallest absolute Gasteiger partial charge is 0.335 e. The maximum atomic E-state index is 11.0. The number of thioether (sulfide) groups is 1. The number of para-hydroxylation sites is 1. The lowest BCUT2D eigenvalue weighted by Gasteiger charge is -2.21. The molecule has 0 aliphatic carbocycles. The Bertz CT molecular complexity index is 1060. The Kier molecular flexibility index (Phi) is 5.04. The van der Waals surface area contributed by atoms with Crippen molar-refractivity contribution in [2.24, 2.45) is 0 Å². The number of hydrogen-bond donors (Lipinski definition) is 2. The first-order valence-electron chi connectivity index (χ1n) is 8.42. The highest BCUT2D eigenvalue weighted by Crippen LogP contribution is 2.39. The molecule has 0 bridgehead atoms. The van der Waals surface area contributed by atoms with Gasteiger partial charge in [0.05, 0.1) is 5.56 Å².